The first-order chi connectivity index (χ1) is 8.86. The van der Waals surface area contributed by atoms with E-state index in [9.17, 15) is 0 Å². The first-order valence-corrected chi connectivity index (χ1v) is 8.29. The quantitative estimate of drug-likeness (QED) is 0.566. The molecule has 0 heterocycles. The Balaban J connectivity index is 2.03. The smallest absolute Gasteiger partial charge is 0.0107 e. The van der Waals surface area contributed by atoms with E-state index >= 15 is 0 Å². The summed E-state index contributed by atoms with van der Waals surface area (Å²) < 4.78 is 0. The summed E-state index contributed by atoms with van der Waals surface area (Å²) in [6.07, 6.45) is 11.2. The van der Waals surface area contributed by atoms with Crippen LogP contribution in [0.4, 0.5) is 0 Å². The van der Waals surface area contributed by atoms with Crippen LogP contribution in [0, 0.1) is 5.92 Å². The standard InChI is InChI=1S/C16H34N2/c1-3-5-12-18(13-6-4-2)14-11-17-15-16-9-7-8-10-16/h16-17H,3-15H2,1-2H3. The molecule has 0 unspecified atom stereocenters. The number of hydrogen-bond donors (Lipinski definition) is 1. The van der Waals surface area contributed by atoms with Gasteiger partial charge >= 0.3 is 0 Å². The lowest BCUT2D eigenvalue weighted by Gasteiger charge is -2.22. The Kier molecular flexibility index (Phi) is 9.59. The van der Waals surface area contributed by atoms with E-state index in [1.54, 1.807) is 0 Å². The Morgan fingerprint density at radius 2 is 1.56 bits per heavy atom. The average molecular weight is 254 g/mol. The minimum Gasteiger partial charge on any atom is -0.315 e. The Morgan fingerprint density at radius 3 is 2.11 bits per heavy atom. The SMILES string of the molecule is CCCCN(CCCC)CCNCC1CCCC1. The summed E-state index contributed by atoms with van der Waals surface area (Å²) >= 11 is 0. The Morgan fingerprint density at radius 1 is 0.944 bits per heavy atom. The molecule has 1 N–H and O–H groups in total. The molecule has 0 amide bonds. The van der Waals surface area contributed by atoms with Crippen LogP contribution >= 0.6 is 0 Å². The molecule has 1 saturated carbocycles. The van der Waals surface area contributed by atoms with Gasteiger partial charge in [-0.15, -0.1) is 0 Å². The van der Waals surface area contributed by atoms with Crippen molar-refractivity contribution in [3.8, 4) is 0 Å². The summed E-state index contributed by atoms with van der Waals surface area (Å²) in [5.74, 6) is 0.977. The fraction of sp³-hybridized carbons (Fsp3) is 1.00. The molecule has 1 aliphatic carbocycles. The number of rotatable bonds is 11. The Hall–Kier alpha value is -0.0800. The van der Waals surface area contributed by atoms with Crippen LogP contribution in [0.3, 0.4) is 0 Å². The van der Waals surface area contributed by atoms with E-state index in [1.165, 1.54) is 84.1 Å². The van der Waals surface area contributed by atoms with Crippen molar-refractivity contribution in [2.45, 2.75) is 65.2 Å². The van der Waals surface area contributed by atoms with Crippen molar-refractivity contribution in [1.82, 2.24) is 10.2 Å². The molecule has 1 aliphatic rings. The van der Waals surface area contributed by atoms with Crippen LogP contribution in [0.2, 0.25) is 0 Å². The van der Waals surface area contributed by atoms with Crippen LogP contribution < -0.4 is 5.32 Å². The summed E-state index contributed by atoms with van der Waals surface area (Å²) in [5, 5.41) is 3.67. The number of nitrogens with one attached hydrogen (secondary N) is 1. The monoisotopic (exact) mass is 254 g/mol. The predicted octanol–water partition coefficient (Wildman–Crippen LogP) is 3.67. The maximum Gasteiger partial charge on any atom is 0.0107 e. The first-order valence-electron chi connectivity index (χ1n) is 8.29. The molecule has 108 valence electrons. The molecule has 0 aromatic heterocycles. The van der Waals surface area contributed by atoms with Gasteiger partial charge in [-0.05, 0) is 51.2 Å². The lowest BCUT2D eigenvalue weighted by molar-refractivity contribution is 0.262. The zero-order valence-electron chi connectivity index (χ0n) is 12.7. The molecule has 1 rings (SSSR count). The first kappa shape index (κ1) is 16.0. The molecule has 0 radical (unpaired) electrons. The zero-order valence-corrected chi connectivity index (χ0v) is 12.7. The van der Waals surface area contributed by atoms with E-state index in [0.29, 0.717) is 0 Å². The second-order valence-corrected chi connectivity index (χ2v) is 5.90. The van der Waals surface area contributed by atoms with Crippen molar-refractivity contribution >= 4 is 0 Å². The van der Waals surface area contributed by atoms with Gasteiger partial charge in [0.1, 0.15) is 0 Å². The molecule has 0 aromatic carbocycles. The normalized spacial score (nSPS) is 16.8. The Labute approximate surface area is 115 Å². The van der Waals surface area contributed by atoms with E-state index < -0.39 is 0 Å². The highest BCUT2D eigenvalue weighted by Crippen LogP contribution is 2.23. The third-order valence-electron chi connectivity index (χ3n) is 4.17. The van der Waals surface area contributed by atoms with Crippen molar-refractivity contribution in [1.29, 1.82) is 0 Å². The zero-order chi connectivity index (χ0) is 13.1. The largest absolute Gasteiger partial charge is 0.315 e. The lowest BCUT2D eigenvalue weighted by atomic mass is 10.1. The van der Waals surface area contributed by atoms with Gasteiger partial charge in [-0.1, -0.05) is 39.5 Å². The van der Waals surface area contributed by atoms with Gasteiger partial charge in [-0.3, -0.25) is 0 Å². The van der Waals surface area contributed by atoms with Gasteiger partial charge in [0.15, 0.2) is 0 Å². The molecule has 2 heteroatoms. The molecule has 0 bridgehead atoms. The minimum atomic E-state index is 0.977. The van der Waals surface area contributed by atoms with E-state index in [4.69, 9.17) is 0 Å². The highest BCUT2D eigenvalue weighted by Gasteiger charge is 2.14. The van der Waals surface area contributed by atoms with Crippen molar-refractivity contribution in [3.63, 3.8) is 0 Å². The highest BCUT2D eigenvalue weighted by molar-refractivity contribution is 4.70. The molecule has 0 atom stereocenters. The molecule has 1 fully saturated rings. The van der Waals surface area contributed by atoms with Gasteiger partial charge in [0.05, 0.1) is 0 Å². The second-order valence-electron chi connectivity index (χ2n) is 5.90. The van der Waals surface area contributed by atoms with Gasteiger partial charge in [-0.25, -0.2) is 0 Å². The van der Waals surface area contributed by atoms with Crippen molar-refractivity contribution in [3.05, 3.63) is 0 Å². The van der Waals surface area contributed by atoms with E-state index in [-0.39, 0.29) is 0 Å². The van der Waals surface area contributed by atoms with Crippen LogP contribution in [0.25, 0.3) is 0 Å². The number of unbranched alkanes of at least 4 members (excludes halogenated alkanes) is 2. The van der Waals surface area contributed by atoms with Crippen LogP contribution in [-0.2, 0) is 0 Å². The fourth-order valence-corrected chi connectivity index (χ4v) is 2.86. The summed E-state index contributed by atoms with van der Waals surface area (Å²) in [6, 6.07) is 0. The van der Waals surface area contributed by atoms with E-state index in [2.05, 4.69) is 24.1 Å². The topological polar surface area (TPSA) is 15.3 Å². The van der Waals surface area contributed by atoms with Crippen LogP contribution in [-0.4, -0.2) is 37.6 Å². The van der Waals surface area contributed by atoms with Crippen molar-refractivity contribution < 1.29 is 0 Å². The molecule has 18 heavy (non-hydrogen) atoms. The molecular weight excluding hydrogens is 220 g/mol. The minimum absolute atomic E-state index is 0.977. The van der Waals surface area contributed by atoms with Gasteiger partial charge in [0.25, 0.3) is 0 Å². The molecule has 0 spiro atoms. The number of nitrogens with zero attached hydrogens (tertiary/aromatic N) is 1. The van der Waals surface area contributed by atoms with Crippen LogP contribution in [0.5, 0.6) is 0 Å². The maximum absolute atomic E-state index is 3.67. The van der Waals surface area contributed by atoms with Crippen LogP contribution in [0.15, 0.2) is 0 Å². The van der Waals surface area contributed by atoms with Crippen molar-refractivity contribution in [2.75, 3.05) is 32.7 Å². The lowest BCUT2D eigenvalue weighted by Crippen LogP contribution is -2.35. The summed E-state index contributed by atoms with van der Waals surface area (Å²) in [4.78, 5) is 2.65. The van der Waals surface area contributed by atoms with Gasteiger partial charge in [0.2, 0.25) is 0 Å². The van der Waals surface area contributed by atoms with Gasteiger partial charge < -0.3 is 10.2 Å². The summed E-state index contributed by atoms with van der Waals surface area (Å²) in [7, 11) is 0. The van der Waals surface area contributed by atoms with Gasteiger partial charge in [-0.2, -0.15) is 0 Å². The summed E-state index contributed by atoms with van der Waals surface area (Å²) in [5.41, 5.74) is 0. The molecule has 0 aromatic rings. The van der Waals surface area contributed by atoms with Crippen molar-refractivity contribution in [2.24, 2.45) is 5.92 Å². The molecule has 0 aliphatic heterocycles. The Bertz CT molecular complexity index is 168. The highest BCUT2D eigenvalue weighted by atomic mass is 15.1. The third kappa shape index (κ3) is 7.38. The van der Waals surface area contributed by atoms with Crippen LogP contribution in [0.1, 0.15) is 65.2 Å². The predicted molar refractivity (Wildman–Crippen MR) is 81.1 cm³/mol. The molecule has 0 saturated heterocycles. The molecule has 2 nitrogen and oxygen atoms in total. The van der Waals surface area contributed by atoms with E-state index in [0.717, 1.165) is 5.92 Å². The number of hydrogen-bond acceptors (Lipinski definition) is 2. The maximum atomic E-state index is 3.67. The molecular formula is C16H34N2. The summed E-state index contributed by atoms with van der Waals surface area (Å²) in [6.45, 7) is 10.8. The fourth-order valence-electron chi connectivity index (χ4n) is 2.86. The average Bonchev–Trinajstić information content (AvgIpc) is 2.90. The second kappa shape index (κ2) is 10.8. The van der Waals surface area contributed by atoms with Gasteiger partial charge in [0, 0.05) is 13.1 Å². The van der Waals surface area contributed by atoms with E-state index in [1.807, 2.05) is 0 Å². The third-order valence-corrected chi connectivity index (χ3v) is 4.17.